The first kappa shape index (κ1) is 16.1. The highest BCUT2D eigenvalue weighted by atomic mass is 19.1. The quantitative estimate of drug-likeness (QED) is 0.753. The van der Waals surface area contributed by atoms with Crippen LogP contribution in [0.2, 0.25) is 0 Å². The molecule has 0 saturated heterocycles. The van der Waals surface area contributed by atoms with Crippen LogP contribution < -0.4 is 5.32 Å². The van der Waals surface area contributed by atoms with Crippen molar-refractivity contribution in [3.63, 3.8) is 0 Å². The van der Waals surface area contributed by atoms with E-state index in [-0.39, 0.29) is 18.0 Å². The Labute approximate surface area is 116 Å². The van der Waals surface area contributed by atoms with E-state index < -0.39 is 0 Å². The first-order chi connectivity index (χ1) is 9.12. The predicted molar refractivity (Wildman–Crippen MR) is 77.5 cm³/mol. The summed E-state index contributed by atoms with van der Waals surface area (Å²) in [4.78, 5) is 0. The van der Waals surface area contributed by atoms with Crippen LogP contribution in [0, 0.1) is 11.7 Å². The van der Waals surface area contributed by atoms with Gasteiger partial charge in [-0.05, 0) is 30.0 Å². The van der Waals surface area contributed by atoms with Crippen LogP contribution in [0.1, 0.15) is 51.6 Å². The normalized spacial score (nSPS) is 14.6. The molecule has 1 rings (SSSR count). The molecule has 1 aromatic carbocycles. The lowest BCUT2D eigenvalue weighted by molar-refractivity contribution is 0.0980. The van der Waals surface area contributed by atoms with E-state index in [0.717, 1.165) is 24.8 Å². The Morgan fingerprint density at radius 1 is 1.05 bits per heavy atom. The van der Waals surface area contributed by atoms with Gasteiger partial charge in [-0.3, -0.25) is 0 Å². The molecule has 0 aliphatic carbocycles. The van der Waals surface area contributed by atoms with Gasteiger partial charge in [-0.2, -0.15) is 0 Å². The van der Waals surface area contributed by atoms with Gasteiger partial charge in [0.1, 0.15) is 5.82 Å². The Morgan fingerprint density at radius 2 is 1.63 bits per heavy atom. The van der Waals surface area contributed by atoms with Gasteiger partial charge in [0.25, 0.3) is 0 Å². The van der Waals surface area contributed by atoms with Gasteiger partial charge in [0, 0.05) is 12.6 Å². The lowest BCUT2D eigenvalue weighted by atomic mass is 9.96. The fourth-order valence-electron chi connectivity index (χ4n) is 2.46. The number of nitrogens with one attached hydrogen (secondary N) is 1. The number of aliphatic hydroxyl groups excluding tert-OH is 1. The highest BCUT2D eigenvalue weighted by Crippen LogP contribution is 2.18. The maximum atomic E-state index is 12.9. The van der Waals surface area contributed by atoms with Gasteiger partial charge in [0.15, 0.2) is 0 Å². The van der Waals surface area contributed by atoms with Crippen LogP contribution in [0.5, 0.6) is 0 Å². The van der Waals surface area contributed by atoms with Gasteiger partial charge in [0.2, 0.25) is 0 Å². The average Bonchev–Trinajstić information content (AvgIpc) is 2.42. The molecule has 2 atom stereocenters. The third-order valence-electron chi connectivity index (χ3n) is 3.85. The summed E-state index contributed by atoms with van der Waals surface area (Å²) >= 11 is 0. The minimum Gasteiger partial charge on any atom is -0.392 e. The summed E-state index contributed by atoms with van der Waals surface area (Å²) in [6.45, 7) is 6.89. The standard InChI is InChI=1S/C16H26FNO/c1-4-12(5-2)16(19)11-18-15(6-3)13-7-9-14(17)10-8-13/h7-10,12,15-16,18-19H,4-6,11H2,1-3H3. The summed E-state index contributed by atoms with van der Waals surface area (Å²) in [5.74, 6) is 0.133. The van der Waals surface area contributed by atoms with E-state index >= 15 is 0 Å². The molecule has 0 fully saturated rings. The van der Waals surface area contributed by atoms with Crippen LogP contribution in [0.3, 0.4) is 0 Å². The molecule has 0 aliphatic heterocycles. The summed E-state index contributed by atoms with van der Waals surface area (Å²) < 4.78 is 12.9. The molecule has 0 heterocycles. The number of hydrogen-bond donors (Lipinski definition) is 2. The van der Waals surface area contributed by atoms with Gasteiger partial charge in [-0.25, -0.2) is 4.39 Å². The SMILES string of the molecule is CCC(NCC(O)C(CC)CC)c1ccc(F)cc1. The molecule has 3 heteroatoms. The highest BCUT2D eigenvalue weighted by Gasteiger charge is 2.17. The molecule has 19 heavy (non-hydrogen) atoms. The molecule has 108 valence electrons. The first-order valence-electron chi connectivity index (χ1n) is 7.29. The summed E-state index contributed by atoms with van der Waals surface area (Å²) in [5, 5.41) is 13.5. The van der Waals surface area contributed by atoms with Gasteiger partial charge >= 0.3 is 0 Å². The zero-order valence-corrected chi connectivity index (χ0v) is 12.2. The fraction of sp³-hybridized carbons (Fsp3) is 0.625. The maximum absolute atomic E-state index is 12.9. The van der Waals surface area contributed by atoms with Crippen molar-refractivity contribution in [2.45, 2.75) is 52.2 Å². The first-order valence-corrected chi connectivity index (χ1v) is 7.29. The third kappa shape index (κ3) is 4.92. The zero-order chi connectivity index (χ0) is 14.3. The van der Waals surface area contributed by atoms with Gasteiger partial charge < -0.3 is 10.4 Å². The summed E-state index contributed by atoms with van der Waals surface area (Å²) in [5.41, 5.74) is 1.07. The van der Waals surface area contributed by atoms with E-state index in [1.54, 1.807) is 12.1 Å². The topological polar surface area (TPSA) is 32.3 Å². The lowest BCUT2D eigenvalue weighted by Gasteiger charge is -2.24. The Morgan fingerprint density at radius 3 is 2.11 bits per heavy atom. The summed E-state index contributed by atoms with van der Waals surface area (Å²) in [6, 6.07) is 6.75. The molecule has 2 unspecified atom stereocenters. The van der Waals surface area contributed by atoms with Gasteiger partial charge in [0.05, 0.1) is 6.10 Å². The Balaban J connectivity index is 2.55. The van der Waals surface area contributed by atoms with E-state index in [2.05, 4.69) is 26.1 Å². The summed E-state index contributed by atoms with van der Waals surface area (Å²) in [7, 11) is 0. The van der Waals surface area contributed by atoms with Crippen LogP contribution in [0.15, 0.2) is 24.3 Å². The van der Waals surface area contributed by atoms with Gasteiger partial charge in [-0.1, -0.05) is 45.7 Å². The molecule has 0 amide bonds. The van der Waals surface area contributed by atoms with E-state index in [1.807, 2.05) is 0 Å². The van der Waals surface area contributed by atoms with Crippen LogP contribution in [0.25, 0.3) is 0 Å². The number of halogens is 1. The molecule has 0 aliphatic rings. The second-order valence-electron chi connectivity index (χ2n) is 5.06. The van der Waals surface area contributed by atoms with Crippen LogP contribution in [-0.2, 0) is 0 Å². The van der Waals surface area contributed by atoms with Crippen LogP contribution >= 0.6 is 0 Å². The average molecular weight is 267 g/mol. The number of benzene rings is 1. The molecule has 2 N–H and O–H groups in total. The molecular weight excluding hydrogens is 241 g/mol. The maximum Gasteiger partial charge on any atom is 0.123 e. The molecule has 2 nitrogen and oxygen atoms in total. The molecule has 0 aromatic heterocycles. The minimum absolute atomic E-state index is 0.171. The Kier molecular flexibility index (Phi) is 7.03. The van der Waals surface area contributed by atoms with Crippen LogP contribution in [-0.4, -0.2) is 17.8 Å². The highest BCUT2D eigenvalue weighted by molar-refractivity contribution is 5.19. The van der Waals surface area contributed by atoms with E-state index in [1.165, 1.54) is 12.1 Å². The van der Waals surface area contributed by atoms with E-state index in [0.29, 0.717) is 12.5 Å². The number of rotatable bonds is 8. The smallest absolute Gasteiger partial charge is 0.123 e. The largest absolute Gasteiger partial charge is 0.392 e. The number of aliphatic hydroxyl groups is 1. The van der Waals surface area contributed by atoms with Crippen molar-refractivity contribution in [1.29, 1.82) is 0 Å². The molecule has 0 radical (unpaired) electrons. The second-order valence-corrected chi connectivity index (χ2v) is 5.06. The number of hydrogen-bond acceptors (Lipinski definition) is 2. The van der Waals surface area contributed by atoms with Crippen molar-refractivity contribution in [3.05, 3.63) is 35.6 Å². The summed E-state index contributed by atoms with van der Waals surface area (Å²) in [6.07, 6.45) is 2.59. The Bertz CT molecular complexity index is 348. The van der Waals surface area contributed by atoms with Crippen LogP contribution in [0.4, 0.5) is 4.39 Å². The van der Waals surface area contributed by atoms with Crippen molar-refractivity contribution in [2.75, 3.05) is 6.54 Å². The van der Waals surface area contributed by atoms with Crippen molar-refractivity contribution >= 4 is 0 Å². The predicted octanol–water partition coefficient (Wildman–Crippen LogP) is 3.66. The monoisotopic (exact) mass is 267 g/mol. The minimum atomic E-state index is -0.315. The molecule has 0 spiro atoms. The fourth-order valence-corrected chi connectivity index (χ4v) is 2.46. The van der Waals surface area contributed by atoms with Crippen molar-refractivity contribution in [3.8, 4) is 0 Å². The van der Waals surface area contributed by atoms with Crippen molar-refractivity contribution in [1.82, 2.24) is 5.32 Å². The van der Waals surface area contributed by atoms with Gasteiger partial charge in [-0.15, -0.1) is 0 Å². The lowest BCUT2D eigenvalue weighted by Crippen LogP contribution is -2.34. The molecular formula is C16H26FNO. The molecule has 0 saturated carbocycles. The van der Waals surface area contributed by atoms with Crippen molar-refractivity contribution in [2.24, 2.45) is 5.92 Å². The zero-order valence-electron chi connectivity index (χ0n) is 12.2. The molecule has 1 aromatic rings. The second kappa shape index (κ2) is 8.28. The third-order valence-corrected chi connectivity index (χ3v) is 3.85. The van der Waals surface area contributed by atoms with Crippen molar-refractivity contribution < 1.29 is 9.50 Å². The Hall–Kier alpha value is -0.930. The van der Waals surface area contributed by atoms with E-state index in [4.69, 9.17) is 0 Å². The molecule has 0 bridgehead atoms. The van der Waals surface area contributed by atoms with E-state index in [9.17, 15) is 9.50 Å².